The lowest BCUT2D eigenvalue weighted by Crippen LogP contribution is -2.36. The van der Waals surface area contributed by atoms with E-state index in [1.807, 2.05) is 31.2 Å². The number of nitrogens with zero attached hydrogens (tertiary/aromatic N) is 2. The molecule has 2 aliphatic heterocycles. The molecule has 6 heteroatoms. The largest absolute Gasteiger partial charge is 0.496 e. The molecule has 5 rings (SSSR count). The van der Waals surface area contributed by atoms with Gasteiger partial charge in [0.25, 0.3) is 0 Å². The molecule has 6 nitrogen and oxygen atoms in total. The highest BCUT2D eigenvalue weighted by molar-refractivity contribution is 5.51. The number of aliphatic hydroxyl groups is 1. The summed E-state index contributed by atoms with van der Waals surface area (Å²) in [6.45, 7) is 4.90. The van der Waals surface area contributed by atoms with E-state index in [0.717, 1.165) is 66.5 Å². The van der Waals surface area contributed by atoms with Gasteiger partial charge in [-0.2, -0.15) is 0 Å². The average molecular weight is 382 g/mol. The Morgan fingerprint density at radius 3 is 2.89 bits per heavy atom. The van der Waals surface area contributed by atoms with Crippen molar-refractivity contribution in [3.8, 4) is 17.2 Å². The summed E-state index contributed by atoms with van der Waals surface area (Å²) in [5.74, 6) is 3.03. The minimum Gasteiger partial charge on any atom is -0.496 e. The molecule has 3 heterocycles. The van der Waals surface area contributed by atoms with Gasteiger partial charge >= 0.3 is 0 Å². The number of aromatic nitrogens is 1. The Kier molecular flexibility index (Phi) is 4.21. The third kappa shape index (κ3) is 2.74. The first kappa shape index (κ1) is 17.8. The van der Waals surface area contributed by atoms with Gasteiger partial charge in [-0.1, -0.05) is 6.07 Å². The molecule has 1 aromatic carbocycles. The topological polar surface area (TPSA) is 64.1 Å². The molecule has 0 unspecified atom stereocenters. The number of hydrogen-bond donors (Lipinski definition) is 1. The van der Waals surface area contributed by atoms with Gasteiger partial charge in [0.15, 0.2) is 11.5 Å². The summed E-state index contributed by atoms with van der Waals surface area (Å²) in [4.78, 5) is 6.96. The number of hydrogen-bond acceptors (Lipinski definition) is 6. The first-order valence-electron chi connectivity index (χ1n) is 9.92. The fourth-order valence-electron chi connectivity index (χ4n) is 5.27. The first-order chi connectivity index (χ1) is 13.6. The van der Waals surface area contributed by atoms with Crippen molar-refractivity contribution in [1.82, 2.24) is 9.88 Å². The maximum Gasteiger partial charge on any atom is 0.231 e. The van der Waals surface area contributed by atoms with Crippen LogP contribution in [0.3, 0.4) is 0 Å². The van der Waals surface area contributed by atoms with E-state index in [1.54, 1.807) is 13.3 Å². The smallest absolute Gasteiger partial charge is 0.231 e. The number of likely N-dealkylation sites (tertiary alicyclic amines) is 1. The summed E-state index contributed by atoms with van der Waals surface area (Å²) in [6, 6.07) is 7.89. The van der Waals surface area contributed by atoms with Crippen molar-refractivity contribution >= 4 is 0 Å². The lowest BCUT2D eigenvalue weighted by atomic mass is 9.83. The quantitative estimate of drug-likeness (QED) is 0.877. The standard InChI is InChI=1S/C22H26N2O4/c1-14-4-3-7-23-21(14)22(25)6-5-15-10-24(12-17(15)22)11-16-8-19-20(28-13-27-19)9-18(16)26-2/h3-4,7-9,15,17,25H,5-6,10-13H2,1-2H3/t15-,17+,22-/m0/s1. The van der Waals surface area contributed by atoms with Crippen LogP contribution in [0.2, 0.25) is 0 Å². The molecule has 1 saturated heterocycles. The van der Waals surface area contributed by atoms with Crippen molar-refractivity contribution in [3.63, 3.8) is 0 Å². The van der Waals surface area contributed by atoms with Crippen molar-refractivity contribution in [2.75, 3.05) is 27.0 Å². The van der Waals surface area contributed by atoms with Crippen molar-refractivity contribution < 1.29 is 19.3 Å². The normalized spacial score (nSPS) is 28.5. The van der Waals surface area contributed by atoms with Crippen LogP contribution in [-0.2, 0) is 12.1 Å². The lowest BCUT2D eigenvalue weighted by molar-refractivity contribution is -0.0114. The van der Waals surface area contributed by atoms with Crippen LogP contribution in [0.25, 0.3) is 0 Å². The SMILES string of the molecule is COc1cc2c(cc1CN1C[C@@H]3CC[C@@](O)(c4ncccc4C)[C@@H]3C1)OCO2. The van der Waals surface area contributed by atoms with Gasteiger partial charge < -0.3 is 19.3 Å². The highest BCUT2D eigenvalue weighted by Crippen LogP contribution is 2.51. The Hall–Kier alpha value is -2.31. The van der Waals surface area contributed by atoms with E-state index >= 15 is 0 Å². The maximum atomic E-state index is 11.6. The highest BCUT2D eigenvalue weighted by atomic mass is 16.7. The summed E-state index contributed by atoms with van der Waals surface area (Å²) in [5.41, 5.74) is 2.18. The van der Waals surface area contributed by atoms with Crippen molar-refractivity contribution in [2.24, 2.45) is 11.8 Å². The molecule has 1 N–H and O–H groups in total. The van der Waals surface area contributed by atoms with Crippen molar-refractivity contribution in [3.05, 3.63) is 47.3 Å². The van der Waals surface area contributed by atoms with Crippen LogP contribution in [-0.4, -0.2) is 42.0 Å². The summed E-state index contributed by atoms with van der Waals surface area (Å²) < 4.78 is 16.6. The molecule has 3 aliphatic rings. The zero-order chi connectivity index (χ0) is 19.3. The fraction of sp³-hybridized carbons (Fsp3) is 0.500. The molecular weight excluding hydrogens is 356 g/mol. The van der Waals surface area contributed by atoms with E-state index in [2.05, 4.69) is 9.88 Å². The second-order valence-corrected chi connectivity index (χ2v) is 8.21. The molecule has 2 fully saturated rings. The third-order valence-electron chi connectivity index (χ3n) is 6.62. The number of methoxy groups -OCH3 is 1. The zero-order valence-electron chi connectivity index (χ0n) is 16.4. The summed E-state index contributed by atoms with van der Waals surface area (Å²) >= 11 is 0. The number of aryl methyl sites for hydroxylation is 1. The summed E-state index contributed by atoms with van der Waals surface area (Å²) in [5, 5.41) is 11.6. The van der Waals surface area contributed by atoms with Crippen LogP contribution < -0.4 is 14.2 Å². The Balaban J connectivity index is 1.38. The minimum absolute atomic E-state index is 0.209. The van der Waals surface area contributed by atoms with E-state index in [0.29, 0.717) is 5.92 Å². The number of fused-ring (bicyclic) bond motifs is 2. The van der Waals surface area contributed by atoms with Gasteiger partial charge in [0, 0.05) is 43.4 Å². The van der Waals surface area contributed by atoms with Crippen LogP contribution in [0.1, 0.15) is 29.7 Å². The minimum atomic E-state index is -0.830. The highest BCUT2D eigenvalue weighted by Gasteiger charge is 2.53. The van der Waals surface area contributed by atoms with Gasteiger partial charge in [0.05, 0.1) is 12.8 Å². The lowest BCUT2D eigenvalue weighted by Gasteiger charge is -2.31. The fourth-order valence-corrected chi connectivity index (χ4v) is 5.27. The molecule has 28 heavy (non-hydrogen) atoms. The first-order valence-corrected chi connectivity index (χ1v) is 9.92. The van der Waals surface area contributed by atoms with Gasteiger partial charge in [0.2, 0.25) is 6.79 Å². The Labute approximate surface area is 165 Å². The predicted octanol–water partition coefficient (Wildman–Crippen LogP) is 2.86. The molecule has 148 valence electrons. The van der Waals surface area contributed by atoms with Crippen LogP contribution in [0.5, 0.6) is 17.2 Å². The zero-order valence-corrected chi connectivity index (χ0v) is 16.4. The number of benzene rings is 1. The summed E-state index contributed by atoms with van der Waals surface area (Å²) in [7, 11) is 1.68. The van der Waals surface area contributed by atoms with Crippen LogP contribution in [0.15, 0.2) is 30.5 Å². The molecule has 0 bridgehead atoms. The van der Waals surface area contributed by atoms with Crippen LogP contribution in [0, 0.1) is 18.8 Å². The van der Waals surface area contributed by atoms with Gasteiger partial charge in [-0.3, -0.25) is 9.88 Å². The molecular formula is C22H26N2O4. The Morgan fingerprint density at radius 1 is 1.29 bits per heavy atom. The molecule has 0 radical (unpaired) electrons. The van der Waals surface area contributed by atoms with Crippen LogP contribution in [0.4, 0.5) is 0 Å². The van der Waals surface area contributed by atoms with Gasteiger partial charge in [-0.05, 0) is 43.4 Å². The molecule has 3 atom stereocenters. The maximum absolute atomic E-state index is 11.6. The number of pyridine rings is 1. The molecule has 2 aromatic rings. The Morgan fingerprint density at radius 2 is 2.11 bits per heavy atom. The van der Waals surface area contributed by atoms with Crippen molar-refractivity contribution in [2.45, 2.75) is 31.9 Å². The second-order valence-electron chi connectivity index (χ2n) is 8.21. The number of ether oxygens (including phenoxy) is 3. The average Bonchev–Trinajstić information content (AvgIpc) is 3.38. The molecule has 1 aromatic heterocycles. The van der Waals surface area contributed by atoms with Gasteiger partial charge in [-0.15, -0.1) is 0 Å². The van der Waals surface area contributed by atoms with Gasteiger partial charge in [-0.25, -0.2) is 0 Å². The van der Waals surface area contributed by atoms with E-state index < -0.39 is 5.60 Å². The molecule has 0 amide bonds. The summed E-state index contributed by atoms with van der Waals surface area (Å²) in [6.07, 6.45) is 3.62. The Bertz CT molecular complexity index is 902. The van der Waals surface area contributed by atoms with Gasteiger partial charge in [0.1, 0.15) is 11.4 Å². The van der Waals surface area contributed by atoms with E-state index in [-0.39, 0.29) is 12.7 Å². The molecule has 0 spiro atoms. The number of rotatable bonds is 4. The second kappa shape index (κ2) is 6.64. The molecule has 1 aliphatic carbocycles. The van der Waals surface area contributed by atoms with Crippen molar-refractivity contribution in [1.29, 1.82) is 0 Å². The third-order valence-corrected chi connectivity index (χ3v) is 6.62. The monoisotopic (exact) mass is 382 g/mol. The van der Waals surface area contributed by atoms with E-state index in [1.165, 1.54) is 0 Å². The van der Waals surface area contributed by atoms with Crippen LogP contribution >= 0.6 is 0 Å². The molecule has 1 saturated carbocycles. The predicted molar refractivity (Wildman–Crippen MR) is 103 cm³/mol. The van der Waals surface area contributed by atoms with E-state index in [4.69, 9.17) is 14.2 Å². The van der Waals surface area contributed by atoms with E-state index in [9.17, 15) is 5.11 Å².